The fraction of sp³-hybridized carbons (Fsp3) is 0.483. The maximum atomic E-state index is 16.5. The Morgan fingerprint density at radius 2 is 1.83 bits per heavy atom. The third-order valence-corrected chi connectivity index (χ3v) is 10.2. The number of halogens is 3. The molecule has 4 saturated heterocycles. The molecule has 2 aromatic heterocycles. The predicted molar refractivity (Wildman–Crippen MR) is 153 cm³/mol. The Kier molecular flexibility index (Phi) is 5.84. The number of nitrogens with one attached hydrogen (secondary N) is 1. The second-order valence-electron chi connectivity index (χ2n) is 11.9. The molecule has 0 radical (unpaired) electrons. The van der Waals surface area contributed by atoms with Gasteiger partial charge in [0.1, 0.15) is 29.9 Å². The van der Waals surface area contributed by atoms with Crippen molar-refractivity contribution in [3.63, 3.8) is 0 Å². The van der Waals surface area contributed by atoms with Gasteiger partial charge in [-0.3, -0.25) is 4.90 Å². The quantitative estimate of drug-likeness (QED) is 0.352. The van der Waals surface area contributed by atoms with Crippen LogP contribution in [0.15, 0.2) is 24.3 Å². The predicted octanol–water partition coefficient (Wildman–Crippen LogP) is 4.66. The van der Waals surface area contributed by atoms with E-state index < -0.39 is 17.8 Å². The Morgan fingerprint density at radius 1 is 1.02 bits per heavy atom. The van der Waals surface area contributed by atoms with Gasteiger partial charge < -0.3 is 20.7 Å². The zero-order chi connectivity index (χ0) is 27.9. The molecular weight excluding hydrogens is 551 g/mol. The van der Waals surface area contributed by atoms with Crippen LogP contribution in [0, 0.1) is 11.6 Å². The molecule has 0 amide bonds. The van der Waals surface area contributed by atoms with E-state index in [9.17, 15) is 8.78 Å². The highest BCUT2D eigenvalue weighted by atomic mass is 32.1. The van der Waals surface area contributed by atoms with Crippen LogP contribution in [0.3, 0.4) is 0 Å². The van der Waals surface area contributed by atoms with Crippen molar-refractivity contribution in [1.82, 2.24) is 25.2 Å². The lowest BCUT2D eigenvalue weighted by Crippen LogP contribution is -2.51. The van der Waals surface area contributed by atoms with E-state index in [4.69, 9.17) is 15.5 Å². The molecule has 3 N–H and O–H groups in total. The zero-order valence-electron chi connectivity index (χ0n) is 22.4. The first-order valence-electron chi connectivity index (χ1n) is 14.2. The van der Waals surface area contributed by atoms with Crippen LogP contribution in [0.4, 0.5) is 24.1 Å². The van der Waals surface area contributed by atoms with E-state index in [-0.39, 0.29) is 39.1 Å². The van der Waals surface area contributed by atoms with Crippen molar-refractivity contribution in [2.45, 2.75) is 55.9 Å². The van der Waals surface area contributed by atoms with E-state index in [1.807, 2.05) is 6.07 Å². The third-order valence-electron chi connectivity index (χ3n) is 9.32. The SMILES string of the molecule is Nc1nc2c(-c3ccc4c(N5CC6CCC(C5)N6)nc(OC[C@@]56CCCN5C[C@H](F)C6)nc4c3F)ccc(F)c2s1. The van der Waals surface area contributed by atoms with Crippen LogP contribution in [-0.4, -0.2) is 76.4 Å². The molecule has 2 bridgehead atoms. The fourth-order valence-electron chi connectivity index (χ4n) is 7.47. The number of anilines is 2. The van der Waals surface area contributed by atoms with Crippen molar-refractivity contribution < 1.29 is 17.9 Å². The number of alkyl halides is 1. The lowest BCUT2D eigenvalue weighted by atomic mass is 9.95. The summed E-state index contributed by atoms with van der Waals surface area (Å²) in [6.45, 7) is 3.03. The summed E-state index contributed by atoms with van der Waals surface area (Å²) in [5, 5.41) is 4.43. The van der Waals surface area contributed by atoms with Crippen LogP contribution in [0.5, 0.6) is 6.01 Å². The van der Waals surface area contributed by atoms with Gasteiger partial charge in [-0.05, 0) is 50.4 Å². The minimum absolute atomic E-state index is 0.0834. The van der Waals surface area contributed by atoms with Crippen molar-refractivity contribution in [2.75, 3.05) is 43.4 Å². The van der Waals surface area contributed by atoms with Gasteiger partial charge in [-0.1, -0.05) is 17.4 Å². The van der Waals surface area contributed by atoms with Crippen molar-refractivity contribution in [3.05, 3.63) is 35.9 Å². The first kappa shape index (κ1) is 25.5. The van der Waals surface area contributed by atoms with Gasteiger partial charge in [0.25, 0.3) is 0 Å². The van der Waals surface area contributed by atoms with E-state index in [1.165, 1.54) is 12.1 Å². The maximum Gasteiger partial charge on any atom is 0.319 e. The van der Waals surface area contributed by atoms with Crippen molar-refractivity contribution in [2.24, 2.45) is 0 Å². The summed E-state index contributed by atoms with van der Waals surface area (Å²) < 4.78 is 51.9. The number of thiazole rings is 1. The third kappa shape index (κ3) is 4.13. The van der Waals surface area contributed by atoms with Gasteiger partial charge in [-0.25, -0.2) is 18.2 Å². The van der Waals surface area contributed by atoms with Crippen LogP contribution in [0.1, 0.15) is 32.1 Å². The maximum absolute atomic E-state index is 16.5. The molecule has 0 aliphatic carbocycles. The van der Waals surface area contributed by atoms with Gasteiger partial charge in [-0.15, -0.1) is 0 Å². The monoisotopic (exact) mass is 581 g/mol. The van der Waals surface area contributed by atoms with Crippen LogP contribution >= 0.6 is 11.3 Å². The van der Waals surface area contributed by atoms with Crippen molar-refractivity contribution in [3.8, 4) is 17.1 Å². The summed E-state index contributed by atoms with van der Waals surface area (Å²) in [6.07, 6.45) is 3.57. The van der Waals surface area contributed by atoms with Crippen LogP contribution < -0.4 is 20.7 Å². The molecule has 41 heavy (non-hydrogen) atoms. The topological polar surface area (TPSA) is 92.4 Å². The summed E-state index contributed by atoms with van der Waals surface area (Å²) in [4.78, 5) is 18.1. The molecule has 4 fully saturated rings. The molecule has 2 aromatic carbocycles. The standard InChI is InChI=1S/C29H30F3N7OS/c30-15-10-29(8-1-9-39(29)11-15)14-40-28-36-23-20(26(37-28)38-12-16-2-3-17(13-38)34-16)5-4-18(22(23)32)19-6-7-21(31)25-24(19)35-27(33)41-25/h4-7,15-17,34H,1-3,8-14H2,(H2,33,35)/t15-,16?,17?,29+/m1/s1. The van der Waals surface area contributed by atoms with E-state index in [2.05, 4.69) is 25.1 Å². The molecular formula is C29H30F3N7OS. The van der Waals surface area contributed by atoms with Gasteiger partial charge in [0.05, 0.1) is 15.8 Å². The molecule has 0 saturated carbocycles. The minimum Gasteiger partial charge on any atom is -0.461 e. The zero-order valence-corrected chi connectivity index (χ0v) is 23.2. The molecule has 8 rings (SSSR count). The number of piperazine rings is 1. The summed E-state index contributed by atoms with van der Waals surface area (Å²) in [6, 6.07) is 7.11. The molecule has 2 unspecified atom stereocenters. The molecule has 8 nitrogen and oxygen atoms in total. The van der Waals surface area contributed by atoms with E-state index in [0.29, 0.717) is 47.3 Å². The van der Waals surface area contributed by atoms with Crippen LogP contribution in [0.2, 0.25) is 0 Å². The van der Waals surface area contributed by atoms with E-state index in [1.54, 1.807) is 6.07 Å². The molecule has 4 aliphatic rings. The van der Waals surface area contributed by atoms with Gasteiger partial charge in [0, 0.05) is 54.7 Å². The molecule has 6 heterocycles. The minimum atomic E-state index is -0.879. The largest absolute Gasteiger partial charge is 0.461 e. The lowest BCUT2D eigenvalue weighted by Gasteiger charge is -2.34. The number of aromatic nitrogens is 3. The van der Waals surface area contributed by atoms with Crippen LogP contribution in [-0.2, 0) is 0 Å². The number of hydrogen-bond donors (Lipinski definition) is 2. The fourth-order valence-corrected chi connectivity index (χ4v) is 8.23. The average molecular weight is 582 g/mol. The molecule has 214 valence electrons. The first-order chi connectivity index (χ1) is 19.9. The smallest absolute Gasteiger partial charge is 0.319 e. The summed E-state index contributed by atoms with van der Waals surface area (Å²) in [5.41, 5.74) is 6.65. The number of hydrogen-bond acceptors (Lipinski definition) is 9. The Hall–Kier alpha value is -3.22. The number of benzene rings is 2. The lowest BCUT2D eigenvalue weighted by molar-refractivity contribution is 0.107. The van der Waals surface area contributed by atoms with Gasteiger partial charge in [-0.2, -0.15) is 9.97 Å². The molecule has 12 heteroatoms. The van der Waals surface area contributed by atoms with E-state index >= 15 is 4.39 Å². The number of ether oxygens (including phenoxy) is 1. The highest BCUT2D eigenvalue weighted by Gasteiger charge is 2.49. The molecule has 4 atom stereocenters. The second-order valence-corrected chi connectivity index (χ2v) is 12.9. The normalized spacial score (nSPS) is 27.8. The van der Waals surface area contributed by atoms with Gasteiger partial charge >= 0.3 is 6.01 Å². The molecule has 0 spiro atoms. The number of fused-ring (bicyclic) bond motifs is 5. The van der Waals surface area contributed by atoms with Crippen LogP contribution in [0.25, 0.3) is 32.2 Å². The van der Waals surface area contributed by atoms with Crippen molar-refractivity contribution in [1.29, 1.82) is 0 Å². The Labute approximate surface area is 238 Å². The van der Waals surface area contributed by atoms with E-state index in [0.717, 1.165) is 56.7 Å². The second kappa shape index (κ2) is 9.40. The highest BCUT2D eigenvalue weighted by Crippen LogP contribution is 2.42. The Morgan fingerprint density at radius 3 is 2.66 bits per heavy atom. The Balaban J connectivity index is 1.24. The van der Waals surface area contributed by atoms with Gasteiger partial charge in [0.15, 0.2) is 10.9 Å². The molecule has 4 aromatic rings. The van der Waals surface area contributed by atoms with Crippen molar-refractivity contribution >= 4 is 43.4 Å². The Bertz CT molecular complexity index is 1670. The summed E-state index contributed by atoms with van der Waals surface area (Å²) in [7, 11) is 0. The number of nitrogens with two attached hydrogens (primary N) is 1. The number of nitrogen functional groups attached to an aromatic ring is 1. The molecule has 4 aliphatic heterocycles. The number of rotatable bonds is 5. The number of nitrogens with zero attached hydrogens (tertiary/aromatic N) is 5. The average Bonchev–Trinajstić information content (AvgIpc) is 3.70. The summed E-state index contributed by atoms with van der Waals surface area (Å²) >= 11 is 1.03. The first-order valence-corrected chi connectivity index (χ1v) is 15.1. The van der Waals surface area contributed by atoms with Gasteiger partial charge in [0.2, 0.25) is 0 Å². The summed E-state index contributed by atoms with van der Waals surface area (Å²) in [5.74, 6) is -0.374. The highest BCUT2D eigenvalue weighted by molar-refractivity contribution is 7.22.